The predicted octanol–water partition coefficient (Wildman–Crippen LogP) is 3.74. The molecule has 0 bridgehead atoms. The third-order valence-electron chi connectivity index (χ3n) is 4.75. The molecule has 1 fully saturated rings. The second-order valence-corrected chi connectivity index (χ2v) is 7.74. The average Bonchev–Trinajstić information content (AvgIpc) is 3.30. The number of rotatable bonds is 4. The maximum Gasteiger partial charge on any atom is 0.274 e. The van der Waals surface area contributed by atoms with Crippen LogP contribution in [-0.2, 0) is 0 Å². The van der Waals surface area contributed by atoms with Gasteiger partial charge in [-0.3, -0.25) is 9.78 Å². The number of nitrogens with one attached hydrogen (secondary N) is 1. The fourth-order valence-corrected chi connectivity index (χ4v) is 4.06. The number of thiophene rings is 1. The van der Waals surface area contributed by atoms with Gasteiger partial charge in [0.2, 0.25) is 5.95 Å². The first-order valence-electron chi connectivity index (χ1n) is 8.83. The maximum absolute atomic E-state index is 13.0. The molecule has 1 aliphatic heterocycles. The Hall–Kier alpha value is -2.54. The lowest BCUT2D eigenvalue weighted by atomic mass is 10.1. The maximum atomic E-state index is 13.0. The highest BCUT2D eigenvalue weighted by atomic mass is 32.1. The third kappa shape index (κ3) is 3.26. The Morgan fingerprint density at radius 3 is 3.00 bits per heavy atom. The number of aromatic nitrogens is 3. The largest absolute Gasteiger partial charge is 0.348 e. The molecule has 4 heterocycles. The molecule has 0 saturated carbocycles. The molecule has 1 N–H and O–H groups in total. The number of amides is 1. The minimum atomic E-state index is -0.00505. The topological polar surface area (TPSA) is 71.0 Å². The summed E-state index contributed by atoms with van der Waals surface area (Å²) in [6.45, 7) is 5.80. The molecule has 1 saturated heterocycles. The summed E-state index contributed by atoms with van der Waals surface area (Å²) in [7, 11) is 0. The van der Waals surface area contributed by atoms with E-state index < -0.39 is 0 Å². The minimum absolute atomic E-state index is 0.00119. The van der Waals surface area contributed by atoms with Crippen molar-refractivity contribution in [2.24, 2.45) is 5.92 Å². The number of carbonyl (C=O) groups is 1. The van der Waals surface area contributed by atoms with Crippen molar-refractivity contribution < 1.29 is 4.79 Å². The van der Waals surface area contributed by atoms with Crippen LogP contribution in [0.1, 0.15) is 42.4 Å². The van der Waals surface area contributed by atoms with E-state index in [-0.39, 0.29) is 11.9 Å². The summed E-state index contributed by atoms with van der Waals surface area (Å²) < 4.78 is 0.856. The van der Waals surface area contributed by atoms with Crippen molar-refractivity contribution in [3.63, 3.8) is 0 Å². The highest BCUT2D eigenvalue weighted by Crippen LogP contribution is 2.27. The number of anilines is 1. The number of carbonyl (C=O) groups excluding carboxylic acids is 1. The number of pyridine rings is 1. The predicted molar refractivity (Wildman–Crippen MR) is 103 cm³/mol. The molecule has 134 valence electrons. The van der Waals surface area contributed by atoms with Gasteiger partial charge in [-0.15, -0.1) is 11.3 Å². The van der Waals surface area contributed by atoms with Crippen molar-refractivity contribution in [1.82, 2.24) is 19.9 Å². The van der Waals surface area contributed by atoms with E-state index in [1.807, 2.05) is 41.6 Å². The number of hydrogen-bond acceptors (Lipinski definition) is 6. The van der Waals surface area contributed by atoms with Crippen molar-refractivity contribution in [2.75, 3.05) is 18.4 Å². The van der Waals surface area contributed by atoms with Gasteiger partial charge < -0.3 is 10.2 Å². The molecule has 0 aromatic carbocycles. The molecule has 1 amide bonds. The van der Waals surface area contributed by atoms with Gasteiger partial charge in [0.05, 0.1) is 16.3 Å². The lowest BCUT2D eigenvalue weighted by molar-refractivity contribution is 0.0784. The Morgan fingerprint density at radius 2 is 2.27 bits per heavy atom. The van der Waals surface area contributed by atoms with Crippen LogP contribution in [0, 0.1) is 5.92 Å². The second kappa shape index (κ2) is 6.99. The number of fused-ring (bicyclic) bond motifs is 1. The van der Waals surface area contributed by atoms with Gasteiger partial charge in [0.1, 0.15) is 0 Å². The molecular weight excluding hydrogens is 346 g/mol. The van der Waals surface area contributed by atoms with Crippen LogP contribution in [0.2, 0.25) is 0 Å². The molecule has 4 rings (SSSR count). The van der Waals surface area contributed by atoms with E-state index >= 15 is 0 Å². The van der Waals surface area contributed by atoms with Crippen LogP contribution < -0.4 is 5.32 Å². The molecule has 26 heavy (non-hydrogen) atoms. The standard InChI is InChI=1S/C19H21N5OS/c1-12-5-8-24(11-12)18(25)16-17-15(6-9-26-17)22-19(23-16)21-13(2)14-4-3-7-20-10-14/h3-4,6-7,9-10,12-13H,5,8,11H2,1-2H3,(H,21,22,23)/t12-,13-/m0/s1. The first-order valence-corrected chi connectivity index (χ1v) is 9.71. The molecule has 2 atom stereocenters. The van der Waals surface area contributed by atoms with Crippen LogP contribution in [0.3, 0.4) is 0 Å². The van der Waals surface area contributed by atoms with E-state index in [1.165, 1.54) is 11.3 Å². The minimum Gasteiger partial charge on any atom is -0.348 e. The van der Waals surface area contributed by atoms with E-state index in [9.17, 15) is 4.79 Å². The summed E-state index contributed by atoms with van der Waals surface area (Å²) in [6, 6.07) is 5.84. The molecule has 0 radical (unpaired) electrons. The molecule has 1 aliphatic rings. The smallest absolute Gasteiger partial charge is 0.274 e. The van der Waals surface area contributed by atoms with Crippen molar-refractivity contribution in [3.8, 4) is 0 Å². The Labute approximate surface area is 156 Å². The van der Waals surface area contributed by atoms with E-state index in [4.69, 9.17) is 0 Å². The molecule has 6 nitrogen and oxygen atoms in total. The summed E-state index contributed by atoms with van der Waals surface area (Å²) >= 11 is 1.52. The highest BCUT2D eigenvalue weighted by Gasteiger charge is 2.27. The Morgan fingerprint density at radius 1 is 1.38 bits per heavy atom. The third-order valence-corrected chi connectivity index (χ3v) is 5.66. The summed E-state index contributed by atoms with van der Waals surface area (Å²) in [5.74, 6) is 1.02. The molecule has 0 aliphatic carbocycles. The van der Waals surface area contributed by atoms with Crippen LogP contribution >= 0.6 is 11.3 Å². The number of hydrogen-bond donors (Lipinski definition) is 1. The van der Waals surface area contributed by atoms with Crippen LogP contribution in [-0.4, -0.2) is 38.8 Å². The fourth-order valence-electron chi connectivity index (χ4n) is 3.25. The van der Waals surface area contributed by atoms with Crippen molar-refractivity contribution in [3.05, 3.63) is 47.2 Å². The van der Waals surface area contributed by atoms with Gasteiger partial charge >= 0.3 is 0 Å². The van der Waals surface area contributed by atoms with Gasteiger partial charge in [0.15, 0.2) is 5.69 Å². The first-order chi connectivity index (χ1) is 12.6. The zero-order chi connectivity index (χ0) is 18.1. The van der Waals surface area contributed by atoms with Gasteiger partial charge in [-0.2, -0.15) is 0 Å². The summed E-state index contributed by atoms with van der Waals surface area (Å²) in [5.41, 5.74) is 2.35. The van der Waals surface area contributed by atoms with Crippen LogP contribution in [0.4, 0.5) is 5.95 Å². The van der Waals surface area contributed by atoms with Gasteiger partial charge in [0, 0.05) is 25.5 Å². The Balaban J connectivity index is 1.65. The Bertz CT molecular complexity index is 926. The lowest BCUT2D eigenvalue weighted by Crippen LogP contribution is -2.29. The normalized spacial score (nSPS) is 18.2. The summed E-state index contributed by atoms with van der Waals surface area (Å²) in [6.07, 6.45) is 4.62. The zero-order valence-electron chi connectivity index (χ0n) is 14.8. The monoisotopic (exact) mass is 367 g/mol. The summed E-state index contributed by atoms with van der Waals surface area (Å²) in [4.78, 5) is 28.2. The molecule has 3 aromatic rings. The fraction of sp³-hybridized carbons (Fsp3) is 0.368. The van der Waals surface area contributed by atoms with Crippen LogP contribution in [0.5, 0.6) is 0 Å². The Kier molecular flexibility index (Phi) is 4.55. The number of likely N-dealkylation sites (tertiary alicyclic amines) is 1. The van der Waals surface area contributed by atoms with Gasteiger partial charge in [-0.1, -0.05) is 13.0 Å². The van der Waals surface area contributed by atoms with Gasteiger partial charge in [0.25, 0.3) is 5.91 Å². The molecule has 0 spiro atoms. The van der Waals surface area contributed by atoms with Crippen LogP contribution in [0.15, 0.2) is 36.0 Å². The molecule has 7 heteroatoms. The quantitative estimate of drug-likeness (QED) is 0.760. The van der Waals surface area contributed by atoms with Crippen molar-refractivity contribution in [2.45, 2.75) is 26.3 Å². The van der Waals surface area contributed by atoms with E-state index in [0.29, 0.717) is 17.6 Å². The van der Waals surface area contributed by atoms with E-state index in [0.717, 1.165) is 35.3 Å². The lowest BCUT2D eigenvalue weighted by Gasteiger charge is -2.18. The average molecular weight is 367 g/mol. The van der Waals surface area contributed by atoms with Crippen LogP contribution in [0.25, 0.3) is 10.2 Å². The van der Waals surface area contributed by atoms with E-state index in [1.54, 1.807) is 6.20 Å². The second-order valence-electron chi connectivity index (χ2n) is 6.83. The highest BCUT2D eigenvalue weighted by molar-refractivity contribution is 7.17. The molecule has 0 unspecified atom stereocenters. The van der Waals surface area contributed by atoms with Crippen molar-refractivity contribution in [1.29, 1.82) is 0 Å². The molecule has 3 aromatic heterocycles. The van der Waals surface area contributed by atoms with E-state index in [2.05, 4.69) is 27.2 Å². The SMILES string of the molecule is C[C@H]1CCN(C(=O)c2nc(N[C@@H](C)c3cccnc3)nc3ccsc23)C1. The zero-order valence-corrected chi connectivity index (χ0v) is 15.7. The van der Waals surface area contributed by atoms with Gasteiger partial charge in [-0.05, 0) is 42.3 Å². The first kappa shape index (κ1) is 16.9. The summed E-state index contributed by atoms with van der Waals surface area (Å²) in [5, 5.41) is 5.26. The molecular formula is C19H21N5OS. The number of nitrogens with zero attached hydrogens (tertiary/aromatic N) is 4. The van der Waals surface area contributed by atoms with Gasteiger partial charge in [-0.25, -0.2) is 9.97 Å². The van der Waals surface area contributed by atoms with Crippen molar-refractivity contribution >= 4 is 33.4 Å².